The number of hydrogen-bond donors (Lipinski definition) is 0. The molecular weight excluding hydrogens is 384 g/mol. The van der Waals surface area contributed by atoms with E-state index >= 15 is 0 Å². The van der Waals surface area contributed by atoms with Gasteiger partial charge in [-0.25, -0.2) is 0 Å². The molecule has 2 bridgehead atoms. The fraction of sp³-hybridized carbons (Fsp3) is 0.833. The number of fused-ring (bicyclic) bond motifs is 5. The molecule has 0 aromatic carbocycles. The third-order valence-corrected chi connectivity index (χ3v) is 8.56. The van der Waals surface area contributed by atoms with E-state index in [4.69, 9.17) is 9.47 Å². The highest BCUT2D eigenvalue weighted by Gasteiger charge is 2.64. The van der Waals surface area contributed by atoms with Crippen molar-refractivity contribution in [3.63, 3.8) is 0 Å². The molecule has 5 aliphatic rings. The zero-order valence-electron chi connectivity index (χ0n) is 17.6. The normalized spacial score (nSPS) is 42.8. The first-order valence-electron chi connectivity index (χ1n) is 12.0. The fourth-order valence-electron chi connectivity index (χ4n) is 7.40. The van der Waals surface area contributed by atoms with E-state index in [1.165, 1.54) is 6.42 Å². The van der Waals surface area contributed by atoms with Gasteiger partial charge in [-0.3, -0.25) is 19.2 Å². The van der Waals surface area contributed by atoms with E-state index in [1.807, 2.05) is 0 Å². The minimum atomic E-state index is -0.446. The number of ketones is 2. The molecule has 5 aliphatic carbocycles. The first kappa shape index (κ1) is 20.2. The van der Waals surface area contributed by atoms with Crippen molar-refractivity contribution < 1.29 is 28.7 Å². The molecule has 0 N–H and O–H groups in total. The van der Waals surface area contributed by atoms with Gasteiger partial charge in [0.05, 0.1) is 11.8 Å². The molecular formula is C24H32O6. The molecule has 5 rings (SSSR count). The summed E-state index contributed by atoms with van der Waals surface area (Å²) in [5.74, 6) is 0.239. The van der Waals surface area contributed by atoms with Gasteiger partial charge in [-0.15, -0.1) is 0 Å². The first-order valence-corrected chi connectivity index (χ1v) is 12.0. The van der Waals surface area contributed by atoms with E-state index < -0.39 is 11.8 Å². The van der Waals surface area contributed by atoms with Crippen molar-refractivity contribution >= 4 is 23.5 Å². The van der Waals surface area contributed by atoms with Crippen LogP contribution >= 0.6 is 0 Å². The summed E-state index contributed by atoms with van der Waals surface area (Å²) in [7, 11) is 0. The van der Waals surface area contributed by atoms with Crippen LogP contribution in [0.5, 0.6) is 0 Å². The van der Waals surface area contributed by atoms with E-state index in [9.17, 15) is 19.2 Å². The van der Waals surface area contributed by atoms with Crippen molar-refractivity contribution in [1.29, 1.82) is 0 Å². The largest absolute Gasteiger partial charge is 0.462 e. The molecule has 6 heteroatoms. The van der Waals surface area contributed by atoms with Gasteiger partial charge >= 0.3 is 11.9 Å². The molecule has 0 amide bonds. The second-order valence-corrected chi connectivity index (χ2v) is 10.3. The SMILES string of the molecule is O=C1CCCC(OC(=O)C2C3CC(C4CCCC43)C2C(=O)OC2CCCC(=O)C2)C1. The summed E-state index contributed by atoms with van der Waals surface area (Å²) >= 11 is 0. The Labute approximate surface area is 177 Å². The maximum atomic E-state index is 13.3. The van der Waals surface area contributed by atoms with Gasteiger partial charge in [-0.05, 0) is 68.6 Å². The van der Waals surface area contributed by atoms with E-state index in [0.29, 0.717) is 37.5 Å². The lowest BCUT2D eigenvalue weighted by atomic mass is 9.69. The second-order valence-electron chi connectivity index (χ2n) is 10.3. The van der Waals surface area contributed by atoms with Gasteiger partial charge < -0.3 is 9.47 Å². The van der Waals surface area contributed by atoms with Crippen molar-refractivity contribution in [1.82, 2.24) is 0 Å². The minimum absolute atomic E-state index is 0.153. The molecule has 0 aromatic heterocycles. The van der Waals surface area contributed by atoms with Crippen LogP contribution in [0.4, 0.5) is 0 Å². The Morgan fingerprint density at radius 3 is 1.53 bits per heavy atom. The standard InChI is InChI=1S/C24H32O6/c25-13-4-1-6-15(10-13)29-23(27)21-19-12-20(18-9-3-8-17(18)19)22(21)24(28)30-16-7-2-5-14(26)11-16/h15-22H,1-12H2. The zero-order valence-corrected chi connectivity index (χ0v) is 17.6. The average molecular weight is 417 g/mol. The lowest BCUT2D eigenvalue weighted by molar-refractivity contribution is -0.173. The number of carbonyl (C=O) groups excluding carboxylic acids is 4. The van der Waals surface area contributed by atoms with Crippen LogP contribution in [0.2, 0.25) is 0 Å². The third-order valence-electron chi connectivity index (χ3n) is 8.56. The van der Waals surface area contributed by atoms with Crippen molar-refractivity contribution in [2.24, 2.45) is 35.5 Å². The molecule has 0 saturated heterocycles. The summed E-state index contributed by atoms with van der Waals surface area (Å²) < 4.78 is 11.6. The number of Topliss-reactive ketones (excluding diaryl/α,β-unsaturated/α-hetero) is 2. The van der Waals surface area contributed by atoms with Gasteiger partial charge in [0.25, 0.3) is 0 Å². The summed E-state index contributed by atoms with van der Waals surface area (Å²) in [5.41, 5.74) is 0. The molecule has 0 aliphatic heterocycles. The predicted octanol–water partition coefficient (Wildman–Crippen LogP) is 3.39. The summed E-state index contributed by atoms with van der Waals surface area (Å²) in [5, 5.41) is 0. The Balaban J connectivity index is 1.32. The summed E-state index contributed by atoms with van der Waals surface area (Å²) in [6.45, 7) is 0. The van der Waals surface area contributed by atoms with Gasteiger partial charge in [-0.1, -0.05) is 6.42 Å². The molecule has 5 saturated carbocycles. The van der Waals surface area contributed by atoms with E-state index in [1.54, 1.807) is 0 Å². The van der Waals surface area contributed by atoms with Gasteiger partial charge in [0.2, 0.25) is 0 Å². The number of hydrogen-bond acceptors (Lipinski definition) is 6. The van der Waals surface area contributed by atoms with E-state index in [0.717, 1.165) is 44.9 Å². The Bertz CT molecular complexity index is 684. The molecule has 30 heavy (non-hydrogen) atoms. The van der Waals surface area contributed by atoms with Crippen LogP contribution in [0.1, 0.15) is 77.0 Å². The van der Waals surface area contributed by atoms with Crippen LogP contribution < -0.4 is 0 Å². The highest BCUT2D eigenvalue weighted by Crippen LogP contribution is 2.64. The number of carbonyl (C=O) groups is 4. The van der Waals surface area contributed by atoms with Gasteiger partial charge in [-0.2, -0.15) is 0 Å². The summed E-state index contributed by atoms with van der Waals surface area (Å²) in [6.07, 6.45) is 8.38. The highest BCUT2D eigenvalue weighted by molar-refractivity contribution is 5.85. The molecule has 5 fully saturated rings. The van der Waals surface area contributed by atoms with Gasteiger partial charge in [0.1, 0.15) is 23.8 Å². The predicted molar refractivity (Wildman–Crippen MR) is 106 cm³/mol. The summed E-state index contributed by atoms with van der Waals surface area (Å²) in [4.78, 5) is 50.1. The molecule has 6 nitrogen and oxygen atoms in total. The first-order chi connectivity index (χ1) is 14.5. The molecule has 0 spiro atoms. The number of ether oxygens (including phenoxy) is 2. The smallest absolute Gasteiger partial charge is 0.310 e. The van der Waals surface area contributed by atoms with Crippen LogP contribution in [0, 0.1) is 35.5 Å². The van der Waals surface area contributed by atoms with Crippen molar-refractivity contribution in [3.8, 4) is 0 Å². The quantitative estimate of drug-likeness (QED) is 0.653. The Hall–Kier alpha value is -1.72. The fourth-order valence-corrected chi connectivity index (χ4v) is 7.40. The number of esters is 2. The van der Waals surface area contributed by atoms with Crippen molar-refractivity contribution in [2.75, 3.05) is 0 Å². The maximum Gasteiger partial charge on any atom is 0.310 e. The van der Waals surface area contributed by atoms with Gasteiger partial charge in [0, 0.05) is 25.7 Å². The van der Waals surface area contributed by atoms with Crippen molar-refractivity contribution in [3.05, 3.63) is 0 Å². The van der Waals surface area contributed by atoms with Crippen molar-refractivity contribution in [2.45, 2.75) is 89.3 Å². The molecule has 0 radical (unpaired) electrons. The summed E-state index contributed by atoms with van der Waals surface area (Å²) in [6, 6.07) is 0. The van der Waals surface area contributed by atoms with Crippen LogP contribution in [-0.4, -0.2) is 35.7 Å². The second kappa shape index (κ2) is 8.08. The van der Waals surface area contributed by atoms with Crippen LogP contribution in [-0.2, 0) is 28.7 Å². The molecule has 8 atom stereocenters. The van der Waals surface area contributed by atoms with E-state index in [-0.39, 0.29) is 47.5 Å². The molecule has 164 valence electrons. The Morgan fingerprint density at radius 1 is 0.633 bits per heavy atom. The van der Waals surface area contributed by atoms with Crippen LogP contribution in [0.25, 0.3) is 0 Å². The number of rotatable bonds is 4. The zero-order chi connectivity index (χ0) is 20.8. The average Bonchev–Trinajstić information content (AvgIpc) is 3.40. The van der Waals surface area contributed by atoms with Crippen LogP contribution in [0.3, 0.4) is 0 Å². The monoisotopic (exact) mass is 416 g/mol. The molecule has 0 heterocycles. The lowest BCUT2D eigenvalue weighted by Crippen LogP contribution is -2.44. The Morgan fingerprint density at radius 2 is 1.10 bits per heavy atom. The maximum absolute atomic E-state index is 13.3. The van der Waals surface area contributed by atoms with Crippen LogP contribution in [0.15, 0.2) is 0 Å². The molecule has 0 aromatic rings. The topological polar surface area (TPSA) is 86.7 Å². The highest BCUT2D eigenvalue weighted by atomic mass is 16.6. The van der Waals surface area contributed by atoms with Gasteiger partial charge in [0.15, 0.2) is 0 Å². The van der Waals surface area contributed by atoms with E-state index in [2.05, 4.69) is 0 Å². The third kappa shape index (κ3) is 3.60. The molecule has 8 unspecified atom stereocenters. The lowest BCUT2D eigenvalue weighted by Gasteiger charge is -2.37. The Kier molecular flexibility index (Phi) is 5.44. The minimum Gasteiger partial charge on any atom is -0.462 e.